The minimum Gasteiger partial charge on any atom is -0.484 e. The van der Waals surface area contributed by atoms with Crippen molar-refractivity contribution >= 4 is 54.9 Å². The van der Waals surface area contributed by atoms with Gasteiger partial charge in [0.15, 0.2) is 9.84 Å². The molecule has 4 aromatic carbocycles. The number of nitrogens with zero attached hydrogens (tertiary/aromatic N) is 2. The van der Waals surface area contributed by atoms with Gasteiger partial charge in [-0.3, -0.25) is 4.79 Å². The molecule has 0 radical (unpaired) electrons. The summed E-state index contributed by atoms with van der Waals surface area (Å²) < 4.78 is 118. The Labute approximate surface area is 467 Å². The molecule has 6 rings (SSSR count). The number of unbranched alkanes of at least 4 members (excludes halogenated alkanes) is 2. The number of rotatable bonds is 35. The molecule has 4 atom stereocenters. The van der Waals surface area contributed by atoms with Crippen molar-refractivity contribution < 1.29 is 63.6 Å². The molecule has 430 valence electrons. The lowest BCUT2D eigenvalue weighted by molar-refractivity contribution is -0.119. The van der Waals surface area contributed by atoms with Crippen LogP contribution in [0.1, 0.15) is 79.4 Å². The number of hydrogen-bond acceptors (Lipinski definition) is 14. The van der Waals surface area contributed by atoms with Crippen molar-refractivity contribution in [2.75, 3.05) is 106 Å². The third kappa shape index (κ3) is 19.1. The molecule has 2 aliphatic rings. The average Bonchev–Trinajstić information content (AvgIpc) is 4.13. The largest absolute Gasteiger partial charge is 0.484 e. The van der Waals surface area contributed by atoms with Gasteiger partial charge in [-0.2, -0.15) is 0 Å². The van der Waals surface area contributed by atoms with Gasteiger partial charge in [0.2, 0.25) is 10.0 Å². The van der Waals surface area contributed by atoms with Crippen LogP contribution in [0, 0.1) is 11.6 Å². The van der Waals surface area contributed by atoms with E-state index in [0.717, 1.165) is 19.3 Å². The van der Waals surface area contributed by atoms with E-state index in [4.69, 9.17) is 51.6 Å². The third-order valence-electron chi connectivity index (χ3n) is 13.4. The first-order valence-electron chi connectivity index (χ1n) is 26.2. The zero-order valence-corrected chi connectivity index (χ0v) is 47.9. The average molecular weight is 1170 g/mol. The quantitative estimate of drug-likeness (QED) is 0.0376. The predicted molar refractivity (Wildman–Crippen MR) is 294 cm³/mol. The number of ether oxygens (including phenoxy) is 6. The fourth-order valence-electron chi connectivity index (χ4n) is 9.20. The normalized spacial score (nSPS) is 17.1. The third-order valence-corrected chi connectivity index (χ3v) is 17.1. The van der Waals surface area contributed by atoms with E-state index in [2.05, 4.69) is 15.4 Å². The minimum absolute atomic E-state index is 0.0582. The Morgan fingerprint density at radius 2 is 1.03 bits per heavy atom. The van der Waals surface area contributed by atoms with Crippen LogP contribution in [0.4, 0.5) is 13.6 Å². The van der Waals surface area contributed by atoms with E-state index < -0.39 is 32.1 Å². The maximum atomic E-state index is 14.7. The van der Waals surface area contributed by atoms with Crippen molar-refractivity contribution in [2.45, 2.75) is 91.9 Å². The summed E-state index contributed by atoms with van der Waals surface area (Å²) in [5.74, 6) is 0.213. The molecule has 23 heteroatoms. The molecule has 0 spiro atoms. The molecule has 78 heavy (non-hydrogen) atoms. The van der Waals surface area contributed by atoms with Crippen molar-refractivity contribution in [3.63, 3.8) is 0 Å². The Kier molecular flexibility index (Phi) is 24.8. The number of hydrogen-bond donors (Lipinski definition) is 3. The van der Waals surface area contributed by atoms with E-state index in [1.54, 1.807) is 36.4 Å². The van der Waals surface area contributed by atoms with Crippen molar-refractivity contribution in [2.24, 2.45) is 0 Å². The van der Waals surface area contributed by atoms with Crippen molar-refractivity contribution in [3.05, 3.63) is 117 Å². The molecule has 0 heterocycles. The van der Waals surface area contributed by atoms with E-state index in [1.165, 1.54) is 36.4 Å². The lowest BCUT2D eigenvalue weighted by atomic mass is 10.1. The predicted octanol–water partition coefficient (Wildman–Crippen LogP) is 7.90. The number of fused-ring (bicyclic) bond motifs is 2. The molecule has 0 bridgehead atoms. The summed E-state index contributed by atoms with van der Waals surface area (Å²) in [5, 5.41) is 6.09. The highest BCUT2D eigenvalue weighted by atomic mass is 35.5. The van der Waals surface area contributed by atoms with Crippen LogP contribution in [-0.2, 0) is 56.4 Å². The Morgan fingerprint density at radius 1 is 0.564 bits per heavy atom. The summed E-state index contributed by atoms with van der Waals surface area (Å²) in [6, 6.07) is 17.7. The molecule has 3 N–H and O–H groups in total. The summed E-state index contributed by atoms with van der Waals surface area (Å²) in [4.78, 5) is 28.6. The topological polar surface area (TPSA) is 200 Å². The summed E-state index contributed by atoms with van der Waals surface area (Å²) in [5.41, 5.74) is 2.49. The van der Waals surface area contributed by atoms with E-state index in [1.807, 2.05) is 38.0 Å². The molecule has 2 amide bonds. The lowest BCUT2D eigenvalue weighted by Crippen LogP contribution is -2.37. The van der Waals surface area contributed by atoms with Crippen LogP contribution in [0.25, 0.3) is 0 Å². The number of halogens is 4. The fourth-order valence-corrected chi connectivity index (χ4v) is 11.9. The maximum absolute atomic E-state index is 14.7. The minimum atomic E-state index is -3.81. The number of nitrogens with one attached hydrogen (secondary N) is 3. The molecule has 0 fully saturated rings. The van der Waals surface area contributed by atoms with Gasteiger partial charge in [0, 0.05) is 66.9 Å². The van der Waals surface area contributed by atoms with Crippen LogP contribution in [-0.4, -0.2) is 157 Å². The standard InChI is InChI=1S/C55H73Cl2F2N5O12S2/c1-63(2)51-36-45-47(32-38(56)34-49(45)58)53(51)75-41-12-16-43(17-13-41)77(67,68)31-9-24-72-28-29-73-25-21-61-55(66)60-20-7-5-6-10-40(65)11-8-23-71-27-30-74-26-22-62-78(69,70)44-18-14-42(15-19-44)76-54-48-33-39(57)35-50(59)46(48)37-52(54)64(3)4/h12-19,32-35,51-54,62H,5-11,20-31,36-37H2,1-4H3,(H2,60,61,66)/t51-,52-,53-,54-/m0/s1. The Balaban J connectivity index is 0.694. The molecule has 0 aromatic heterocycles. The molecule has 17 nitrogen and oxygen atoms in total. The molecular weight excluding hydrogens is 1100 g/mol. The summed E-state index contributed by atoms with van der Waals surface area (Å²) >= 11 is 12.3. The van der Waals surface area contributed by atoms with Crippen LogP contribution in [0.5, 0.6) is 11.5 Å². The zero-order valence-electron chi connectivity index (χ0n) is 44.7. The first-order valence-corrected chi connectivity index (χ1v) is 30.1. The molecule has 2 aliphatic carbocycles. The molecule has 0 saturated heterocycles. The van der Waals surface area contributed by atoms with Gasteiger partial charge in [-0.1, -0.05) is 29.6 Å². The van der Waals surface area contributed by atoms with E-state index in [-0.39, 0.29) is 107 Å². The highest BCUT2D eigenvalue weighted by Crippen LogP contribution is 2.42. The molecule has 0 saturated carbocycles. The van der Waals surface area contributed by atoms with Gasteiger partial charge >= 0.3 is 6.03 Å². The Hall–Kier alpha value is -4.52. The van der Waals surface area contributed by atoms with Crippen LogP contribution in [0.15, 0.2) is 82.6 Å². The summed E-state index contributed by atoms with van der Waals surface area (Å²) in [6.07, 6.45) is 3.94. The number of carbonyl (C=O) groups is 2. The number of benzene rings is 4. The molecule has 4 aromatic rings. The highest BCUT2D eigenvalue weighted by Gasteiger charge is 2.39. The summed E-state index contributed by atoms with van der Waals surface area (Å²) in [7, 11) is 0.214. The SMILES string of the molecule is CN(C)[C@H]1Cc2c(F)cc(Cl)cc2[C@@H]1Oc1ccc(S(=O)(=O)CCCOCCOCCNC(=O)NCCCCCC(=O)CCCOCCOCCNS(=O)(=O)c2ccc(O[C@H]3c4cc(Cl)cc(F)c4C[C@@H]3N(C)C)cc2)cc1. The second-order valence-corrected chi connectivity index (χ2v) is 24.3. The lowest BCUT2D eigenvalue weighted by Gasteiger charge is -2.27. The van der Waals surface area contributed by atoms with Crippen LogP contribution < -0.4 is 24.8 Å². The number of ketones is 1. The van der Waals surface area contributed by atoms with Crippen LogP contribution in [0.2, 0.25) is 10.0 Å². The van der Waals surface area contributed by atoms with Gasteiger partial charge in [-0.05, 0) is 151 Å². The van der Waals surface area contributed by atoms with Crippen molar-refractivity contribution in [1.29, 1.82) is 0 Å². The van der Waals surface area contributed by atoms with Gasteiger partial charge in [-0.15, -0.1) is 0 Å². The Bertz CT molecular complexity index is 2610. The van der Waals surface area contributed by atoms with Gasteiger partial charge in [0.05, 0.1) is 67.3 Å². The smallest absolute Gasteiger partial charge is 0.314 e. The maximum Gasteiger partial charge on any atom is 0.314 e. The second-order valence-electron chi connectivity index (χ2n) is 19.6. The monoisotopic (exact) mass is 1170 g/mol. The number of sulfone groups is 1. The van der Waals surface area contributed by atoms with Crippen molar-refractivity contribution in [3.8, 4) is 11.5 Å². The van der Waals surface area contributed by atoms with E-state index in [9.17, 15) is 35.2 Å². The molecule has 0 aliphatic heterocycles. The first kappa shape index (κ1) is 62.7. The van der Waals surface area contributed by atoms with Gasteiger partial charge in [0.1, 0.15) is 41.1 Å². The summed E-state index contributed by atoms with van der Waals surface area (Å²) in [6.45, 7) is 3.00. The fraction of sp³-hybridized carbons (Fsp3) is 0.527. The number of sulfonamides is 1. The number of likely N-dealkylation sites (N-methyl/N-ethyl adjacent to an activating group) is 2. The molecule has 0 unspecified atom stereocenters. The van der Waals surface area contributed by atoms with Crippen molar-refractivity contribution in [1.82, 2.24) is 25.2 Å². The van der Waals surface area contributed by atoms with Gasteiger partial charge in [-0.25, -0.2) is 35.1 Å². The Morgan fingerprint density at radius 3 is 1.55 bits per heavy atom. The first-order chi connectivity index (χ1) is 37.3. The highest BCUT2D eigenvalue weighted by molar-refractivity contribution is 7.91. The van der Waals surface area contributed by atoms with Crippen LogP contribution >= 0.6 is 23.2 Å². The van der Waals surface area contributed by atoms with Gasteiger partial charge < -0.3 is 48.9 Å². The number of amides is 2. The van der Waals surface area contributed by atoms with E-state index >= 15 is 0 Å². The number of urea groups is 1. The zero-order chi connectivity index (χ0) is 56.2. The van der Waals surface area contributed by atoms with Crippen LogP contribution in [0.3, 0.4) is 0 Å². The number of carbonyl (C=O) groups excluding carboxylic acids is 2. The number of Topliss-reactive ketones (excluding diaryl/α,β-unsaturated/α-hetero) is 1. The second kappa shape index (κ2) is 30.9. The van der Waals surface area contributed by atoms with E-state index in [0.29, 0.717) is 98.6 Å². The molecular formula is C55H73Cl2F2N5O12S2. The van der Waals surface area contributed by atoms with Gasteiger partial charge in [0.25, 0.3) is 0 Å².